The summed E-state index contributed by atoms with van der Waals surface area (Å²) >= 11 is 0. The number of piperidine rings is 1. The molecule has 0 aromatic rings. The number of carboxylic acids is 2. The van der Waals surface area contributed by atoms with Crippen molar-refractivity contribution >= 4 is 18.0 Å². The average molecular weight is 217 g/mol. The van der Waals surface area contributed by atoms with E-state index in [-0.39, 0.29) is 12.8 Å². The first kappa shape index (κ1) is 11.3. The molecule has 1 amide bonds. The number of hydrogen-bond donors (Lipinski definition) is 3. The first-order valence-corrected chi connectivity index (χ1v) is 4.42. The summed E-state index contributed by atoms with van der Waals surface area (Å²) in [6.45, 7) is 0. The Hall–Kier alpha value is -1.79. The van der Waals surface area contributed by atoms with Gasteiger partial charge in [0.05, 0.1) is 0 Å². The predicted octanol–water partition coefficient (Wildman–Crippen LogP) is 0.0567. The second kappa shape index (κ2) is 4.16. The van der Waals surface area contributed by atoms with Crippen LogP contribution in [-0.2, 0) is 9.59 Å². The second-order valence-electron chi connectivity index (χ2n) is 3.33. The number of carbonyl (C=O) groups is 3. The predicted molar refractivity (Wildman–Crippen MR) is 46.6 cm³/mol. The fraction of sp³-hybridized carbons (Fsp3) is 0.625. The first-order chi connectivity index (χ1) is 6.95. The normalized spacial score (nSPS) is 26.0. The van der Waals surface area contributed by atoms with Crippen LogP contribution in [0.5, 0.6) is 0 Å². The minimum atomic E-state index is -1.51. The summed E-state index contributed by atoms with van der Waals surface area (Å²) in [6.07, 6.45) is -0.788. The van der Waals surface area contributed by atoms with Gasteiger partial charge in [-0.3, -0.25) is 4.90 Å². The molecule has 3 N–H and O–H groups in total. The molecule has 1 fully saturated rings. The lowest BCUT2D eigenvalue weighted by Gasteiger charge is -2.35. The summed E-state index contributed by atoms with van der Waals surface area (Å²) in [5, 5.41) is 26.3. The molecule has 15 heavy (non-hydrogen) atoms. The number of nitrogens with zero attached hydrogens (tertiary/aromatic N) is 1. The molecule has 1 saturated heterocycles. The van der Waals surface area contributed by atoms with Crippen molar-refractivity contribution in [3.05, 3.63) is 0 Å². The Morgan fingerprint density at radius 1 is 0.933 bits per heavy atom. The molecule has 1 rings (SSSR count). The van der Waals surface area contributed by atoms with E-state index >= 15 is 0 Å². The van der Waals surface area contributed by atoms with E-state index in [1.165, 1.54) is 0 Å². The van der Waals surface area contributed by atoms with Crippen molar-refractivity contribution in [3.63, 3.8) is 0 Å². The van der Waals surface area contributed by atoms with Gasteiger partial charge in [-0.15, -0.1) is 0 Å². The highest BCUT2D eigenvalue weighted by atomic mass is 16.4. The Balaban J connectivity index is 2.95. The minimum absolute atomic E-state index is 0.158. The summed E-state index contributed by atoms with van der Waals surface area (Å²) in [5.41, 5.74) is 0. The van der Waals surface area contributed by atoms with Crippen LogP contribution in [0.25, 0.3) is 0 Å². The zero-order chi connectivity index (χ0) is 11.6. The molecule has 84 valence electrons. The molecule has 1 heterocycles. The maximum atomic E-state index is 10.8. The molecule has 2 unspecified atom stereocenters. The van der Waals surface area contributed by atoms with E-state index in [4.69, 9.17) is 15.3 Å². The molecular formula is C8H11NO6. The summed E-state index contributed by atoms with van der Waals surface area (Å²) < 4.78 is 0. The van der Waals surface area contributed by atoms with Gasteiger partial charge in [-0.05, 0) is 19.3 Å². The van der Waals surface area contributed by atoms with Gasteiger partial charge in [0.15, 0.2) is 0 Å². The van der Waals surface area contributed by atoms with E-state index < -0.39 is 30.1 Å². The number of aliphatic carboxylic acids is 2. The molecule has 0 bridgehead atoms. The lowest BCUT2D eigenvalue weighted by atomic mass is 9.96. The van der Waals surface area contributed by atoms with Crippen LogP contribution in [0.3, 0.4) is 0 Å². The van der Waals surface area contributed by atoms with Gasteiger partial charge in [-0.1, -0.05) is 0 Å². The highest BCUT2D eigenvalue weighted by molar-refractivity contribution is 5.85. The molecule has 0 radical (unpaired) electrons. The zero-order valence-electron chi connectivity index (χ0n) is 7.79. The molecule has 7 heteroatoms. The van der Waals surface area contributed by atoms with Crippen molar-refractivity contribution in [3.8, 4) is 0 Å². The minimum Gasteiger partial charge on any atom is -0.480 e. The SMILES string of the molecule is O=C(O)C1CCCC(C(=O)O)N1C(=O)O. The molecular weight excluding hydrogens is 206 g/mol. The highest BCUT2D eigenvalue weighted by Gasteiger charge is 2.41. The molecule has 2 atom stereocenters. The van der Waals surface area contributed by atoms with E-state index in [1.54, 1.807) is 0 Å². The van der Waals surface area contributed by atoms with Crippen LogP contribution in [0.15, 0.2) is 0 Å². The Morgan fingerprint density at radius 3 is 1.60 bits per heavy atom. The van der Waals surface area contributed by atoms with Crippen LogP contribution in [0.1, 0.15) is 19.3 Å². The van der Waals surface area contributed by atoms with Crippen molar-refractivity contribution in [2.24, 2.45) is 0 Å². The highest BCUT2D eigenvalue weighted by Crippen LogP contribution is 2.23. The van der Waals surface area contributed by atoms with Gasteiger partial charge >= 0.3 is 18.0 Å². The van der Waals surface area contributed by atoms with Crippen LogP contribution in [-0.4, -0.2) is 50.3 Å². The van der Waals surface area contributed by atoms with Gasteiger partial charge in [0.1, 0.15) is 12.1 Å². The van der Waals surface area contributed by atoms with Crippen molar-refractivity contribution in [1.29, 1.82) is 0 Å². The Kier molecular flexibility index (Phi) is 3.13. The Labute approximate surface area is 84.9 Å². The van der Waals surface area contributed by atoms with E-state index in [0.717, 1.165) is 0 Å². The molecule has 1 aliphatic heterocycles. The summed E-state index contributed by atoms with van der Waals surface area (Å²) in [6, 6.07) is -2.50. The topological polar surface area (TPSA) is 115 Å². The Morgan fingerprint density at radius 2 is 1.33 bits per heavy atom. The summed E-state index contributed by atoms with van der Waals surface area (Å²) in [4.78, 5) is 32.8. The largest absolute Gasteiger partial charge is 0.480 e. The molecule has 1 aliphatic rings. The fourth-order valence-electron chi connectivity index (χ4n) is 1.75. The molecule has 0 aliphatic carbocycles. The van der Waals surface area contributed by atoms with Crippen LogP contribution in [0.4, 0.5) is 4.79 Å². The van der Waals surface area contributed by atoms with Crippen LogP contribution >= 0.6 is 0 Å². The third kappa shape index (κ3) is 2.17. The van der Waals surface area contributed by atoms with Crippen molar-refractivity contribution in [1.82, 2.24) is 4.90 Å². The van der Waals surface area contributed by atoms with Crippen LogP contribution < -0.4 is 0 Å². The summed E-state index contributed by atoms with van der Waals surface area (Å²) in [5.74, 6) is -2.60. The van der Waals surface area contributed by atoms with Crippen LogP contribution in [0.2, 0.25) is 0 Å². The molecule has 0 aromatic carbocycles. The van der Waals surface area contributed by atoms with Crippen LogP contribution in [0, 0.1) is 0 Å². The van der Waals surface area contributed by atoms with Crippen molar-refractivity contribution in [2.75, 3.05) is 0 Å². The van der Waals surface area contributed by atoms with Gasteiger partial charge in [0.2, 0.25) is 0 Å². The van der Waals surface area contributed by atoms with Gasteiger partial charge in [0, 0.05) is 0 Å². The maximum absolute atomic E-state index is 10.8. The first-order valence-electron chi connectivity index (χ1n) is 4.42. The van der Waals surface area contributed by atoms with E-state index in [1.807, 2.05) is 0 Å². The number of carboxylic acid groups (broad SMARTS) is 3. The lowest BCUT2D eigenvalue weighted by molar-refractivity contribution is -0.151. The third-order valence-corrected chi connectivity index (χ3v) is 2.42. The lowest BCUT2D eigenvalue weighted by Crippen LogP contribution is -2.55. The standard InChI is InChI=1S/C8H11NO6/c10-6(11)4-2-1-3-5(7(12)13)9(4)8(14)15/h4-5H,1-3H2,(H,10,11)(H,12,13)(H,14,15). The summed E-state index contributed by atoms with van der Waals surface area (Å²) in [7, 11) is 0. The molecule has 0 saturated carbocycles. The smallest absolute Gasteiger partial charge is 0.408 e. The third-order valence-electron chi connectivity index (χ3n) is 2.42. The number of hydrogen-bond acceptors (Lipinski definition) is 3. The van der Waals surface area contributed by atoms with E-state index in [2.05, 4.69) is 0 Å². The quantitative estimate of drug-likeness (QED) is 0.602. The van der Waals surface area contributed by atoms with Gasteiger partial charge in [-0.2, -0.15) is 0 Å². The fourth-order valence-corrected chi connectivity index (χ4v) is 1.75. The van der Waals surface area contributed by atoms with Crippen molar-refractivity contribution < 1.29 is 29.7 Å². The van der Waals surface area contributed by atoms with Gasteiger partial charge in [-0.25, -0.2) is 14.4 Å². The molecule has 7 nitrogen and oxygen atoms in total. The number of likely N-dealkylation sites (tertiary alicyclic amines) is 1. The van der Waals surface area contributed by atoms with E-state index in [9.17, 15) is 14.4 Å². The van der Waals surface area contributed by atoms with Gasteiger partial charge < -0.3 is 15.3 Å². The monoisotopic (exact) mass is 217 g/mol. The maximum Gasteiger partial charge on any atom is 0.408 e. The Bertz CT molecular complexity index is 280. The number of amides is 1. The van der Waals surface area contributed by atoms with Crippen molar-refractivity contribution in [2.45, 2.75) is 31.3 Å². The average Bonchev–Trinajstić information content (AvgIpc) is 2.16. The van der Waals surface area contributed by atoms with Gasteiger partial charge in [0.25, 0.3) is 0 Å². The number of rotatable bonds is 2. The zero-order valence-corrected chi connectivity index (χ0v) is 7.79. The molecule has 0 spiro atoms. The van der Waals surface area contributed by atoms with E-state index in [0.29, 0.717) is 11.3 Å². The second-order valence-corrected chi connectivity index (χ2v) is 3.33. The molecule has 0 aromatic heterocycles.